The molecule has 21 heavy (non-hydrogen) atoms. The van der Waals surface area contributed by atoms with E-state index in [0.717, 1.165) is 25.4 Å². The van der Waals surface area contributed by atoms with E-state index in [-0.39, 0.29) is 5.54 Å². The molecular formula is C18H30N2O. The average Bonchev–Trinajstić information content (AvgIpc) is 2.55. The number of hydrogen-bond donors (Lipinski definition) is 1. The van der Waals surface area contributed by atoms with Gasteiger partial charge in [-0.25, -0.2) is 0 Å². The van der Waals surface area contributed by atoms with E-state index < -0.39 is 0 Å². The molecule has 1 heterocycles. The molecule has 118 valence electrons. The summed E-state index contributed by atoms with van der Waals surface area (Å²) in [5, 5.41) is 3.80. The van der Waals surface area contributed by atoms with Crippen LogP contribution in [0.5, 0.6) is 5.75 Å². The van der Waals surface area contributed by atoms with Crippen LogP contribution < -0.4 is 10.1 Å². The van der Waals surface area contributed by atoms with Crippen molar-refractivity contribution in [3.8, 4) is 5.75 Å². The van der Waals surface area contributed by atoms with Crippen LogP contribution in [0.1, 0.15) is 45.6 Å². The van der Waals surface area contributed by atoms with Crippen molar-refractivity contribution in [3.05, 3.63) is 29.8 Å². The van der Waals surface area contributed by atoms with Gasteiger partial charge in [-0.1, -0.05) is 32.9 Å². The molecule has 1 aromatic rings. The lowest BCUT2D eigenvalue weighted by molar-refractivity contribution is 0.0643. The first kappa shape index (κ1) is 16.3. The molecule has 0 saturated carbocycles. The van der Waals surface area contributed by atoms with E-state index in [1.54, 1.807) is 7.11 Å². The van der Waals surface area contributed by atoms with Crippen LogP contribution in [0.4, 0.5) is 0 Å². The lowest BCUT2D eigenvalue weighted by Crippen LogP contribution is -2.63. The second kappa shape index (κ2) is 7.28. The fourth-order valence-corrected chi connectivity index (χ4v) is 3.35. The Labute approximate surface area is 129 Å². The van der Waals surface area contributed by atoms with Crippen molar-refractivity contribution in [1.82, 2.24) is 10.2 Å². The van der Waals surface area contributed by atoms with Crippen LogP contribution in [-0.4, -0.2) is 36.7 Å². The number of rotatable bonds is 6. The average molecular weight is 290 g/mol. The molecule has 0 bridgehead atoms. The first-order valence-electron chi connectivity index (χ1n) is 8.28. The summed E-state index contributed by atoms with van der Waals surface area (Å²) in [7, 11) is 1.73. The fraction of sp³-hybridized carbons (Fsp3) is 0.667. The van der Waals surface area contributed by atoms with Crippen LogP contribution in [-0.2, 0) is 6.54 Å². The van der Waals surface area contributed by atoms with Gasteiger partial charge in [-0.3, -0.25) is 4.90 Å². The molecule has 1 N–H and O–H groups in total. The van der Waals surface area contributed by atoms with Crippen molar-refractivity contribution < 1.29 is 4.74 Å². The third kappa shape index (κ3) is 3.78. The minimum absolute atomic E-state index is 0.282. The van der Waals surface area contributed by atoms with E-state index >= 15 is 0 Å². The summed E-state index contributed by atoms with van der Waals surface area (Å²) in [6, 6.07) is 9.10. The Morgan fingerprint density at radius 2 is 2.05 bits per heavy atom. The molecule has 1 aromatic carbocycles. The second-order valence-electron chi connectivity index (χ2n) is 6.19. The van der Waals surface area contributed by atoms with E-state index in [9.17, 15) is 0 Å². The number of nitrogens with zero attached hydrogens (tertiary/aromatic N) is 1. The molecule has 1 unspecified atom stereocenters. The fourth-order valence-electron chi connectivity index (χ4n) is 3.35. The summed E-state index contributed by atoms with van der Waals surface area (Å²) in [4.78, 5) is 2.65. The maximum absolute atomic E-state index is 5.35. The highest BCUT2D eigenvalue weighted by Gasteiger charge is 2.35. The van der Waals surface area contributed by atoms with Gasteiger partial charge >= 0.3 is 0 Å². The minimum atomic E-state index is 0.282. The predicted octanol–water partition coefficient (Wildman–Crippen LogP) is 3.44. The van der Waals surface area contributed by atoms with E-state index in [2.05, 4.69) is 49.2 Å². The zero-order valence-corrected chi connectivity index (χ0v) is 14.0. The van der Waals surface area contributed by atoms with Crippen molar-refractivity contribution in [1.29, 1.82) is 0 Å². The van der Waals surface area contributed by atoms with Crippen LogP contribution >= 0.6 is 0 Å². The van der Waals surface area contributed by atoms with Crippen molar-refractivity contribution in [2.24, 2.45) is 0 Å². The van der Waals surface area contributed by atoms with Gasteiger partial charge in [0.15, 0.2) is 0 Å². The smallest absolute Gasteiger partial charge is 0.119 e. The number of methoxy groups -OCH3 is 1. The van der Waals surface area contributed by atoms with E-state index in [1.807, 2.05) is 6.07 Å². The molecule has 2 rings (SSSR count). The molecule has 3 nitrogen and oxygen atoms in total. The summed E-state index contributed by atoms with van der Waals surface area (Å²) in [5.41, 5.74) is 1.63. The van der Waals surface area contributed by atoms with E-state index in [4.69, 9.17) is 4.74 Å². The van der Waals surface area contributed by atoms with Gasteiger partial charge in [0.2, 0.25) is 0 Å². The lowest BCUT2D eigenvalue weighted by atomic mass is 9.88. The van der Waals surface area contributed by atoms with Gasteiger partial charge < -0.3 is 10.1 Å². The van der Waals surface area contributed by atoms with Gasteiger partial charge in [-0.15, -0.1) is 0 Å². The zero-order chi connectivity index (χ0) is 15.3. The van der Waals surface area contributed by atoms with Crippen molar-refractivity contribution in [3.63, 3.8) is 0 Å². The SMILES string of the molecule is CCC1CNC(CC)(CC)CN1Cc1cccc(OC)c1. The number of piperazine rings is 1. The highest BCUT2D eigenvalue weighted by Crippen LogP contribution is 2.26. The molecule has 1 fully saturated rings. The lowest BCUT2D eigenvalue weighted by Gasteiger charge is -2.47. The molecule has 0 spiro atoms. The van der Waals surface area contributed by atoms with Gasteiger partial charge in [0.25, 0.3) is 0 Å². The molecule has 0 aliphatic carbocycles. The quantitative estimate of drug-likeness (QED) is 0.868. The Hall–Kier alpha value is -1.06. The minimum Gasteiger partial charge on any atom is -0.497 e. The molecule has 0 amide bonds. The van der Waals surface area contributed by atoms with Crippen molar-refractivity contribution in [2.75, 3.05) is 20.2 Å². The van der Waals surface area contributed by atoms with Crippen LogP contribution in [0.25, 0.3) is 0 Å². The maximum Gasteiger partial charge on any atom is 0.119 e. The molecule has 1 saturated heterocycles. The van der Waals surface area contributed by atoms with Gasteiger partial charge in [0.1, 0.15) is 5.75 Å². The Morgan fingerprint density at radius 3 is 2.67 bits per heavy atom. The predicted molar refractivity (Wildman–Crippen MR) is 88.8 cm³/mol. The van der Waals surface area contributed by atoms with Gasteiger partial charge in [-0.2, -0.15) is 0 Å². The third-order valence-corrected chi connectivity index (χ3v) is 5.08. The molecular weight excluding hydrogens is 260 g/mol. The van der Waals surface area contributed by atoms with Crippen LogP contribution in [0.15, 0.2) is 24.3 Å². The Morgan fingerprint density at radius 1 is 1.29 bits per heavy atom. The highest BCUT2D eigenvalue weighted by molar-refractivity contribution is 5.28. The molecule has 0 radical (unpaired) electrons. The number of ether oxygens (including phenoxy) is 1. The highest BCUT2D eigenvalue weighted by atomic mass is 16.5. The Balaban J connectivity index is 2.13. The third-order valence-electron chi connectivity index (χ3n) is 5.08. The zero-order valence-electron chi connectivity index (χ0n) is 14.0. The van der Waals surface area contributed by atoms with Crippen molar-refractivity contribution in [2.45, 2.75) is 58.2 Å². The Kier molecular flexibility index (Phi) is 5.65. The molecule has 0 aromatic heterocycles. The summed E-state index contributed by atoms with van der Waals surface area (Å²) in [5.74, 6) is 0.952. The molecule has 1 aliphatic rings. The van der Waals surface area contributed by atoms with Crippen molar-refractivity contribution >= 4 is 0 Å². The normalized spacial score (nSPS) is 22.2. The molecule has 3 heteroatoms. The van der Waals surface area contributed by atoms with Crippen LogP contribution in [0.3, 0.4) is 0 Å². The van der Waals surface area contributed by atoms with Gasteiger partial charge in [0, 0.05) is 31.2 Å². The molecule has 1 atom stereocenters. The van der Waals surface area contributed by atoms with Gasteiger partial charge in [0.05, 0.1) is 7.11 Å². The largest absolute Gasteiger partial charge is 0.497 e. The van der Waals surface area contributed by atoms with E-state index in [0.29, 0.717) is 6.04 Å². The first-order chi connectivity index (χ1) is 10.2. The number of nitrogens with one attached hydrogen (secondary N) is 1. The standard InChI is InChI=1S/C18H30N2O/c1-5-16-12-19-18(6-2,7-3)14-20(16)13-15-9-8-10-17(11-15)21-4/h8-11,16,19H,5-7,12-14H2,1-4H3. The molecule has 1 aliphatic heterocycles. The summed E-state index contributed by atoms with van der Waals surface area (Å²) in [6.07, 6.45) is 3.57. The number of hydrogen-bond acceptors (Lipinski definition) is 3. The van der Waals surface area contributed by atoms with E-state index in [1.165, 1.54) is 24.8 Å². The number of benzene rings is 1. The van der Waals surface area contributed by atoms with Gasteiger partial charge in [-0.05, 0) is 37.0 Å². The monoisotopic (exact) mass is 290 g/mol. The maximum atomic E-state index is 5.35. The first-order valence-corrected chi connectivity index (χ1v) is 8.28. The van der Waals surface area contributed by atoms with Crippen LogP contribution in [0, 0.1) is 0 Å². The summed E-state index contributed by atoms with van der Waals surface area (Å²) >= 11 is 0. The second-order valence-corrected chi connectivity index (χ2v) is 6.19. The summed E-state index contributed by atoms with van der Waals surface area (Å²) in [6.45, 7) is 10.1. The Bertz CT molecular complexity index is 443. The topological polar surface area (TPSA) is 24.5 Å². The van der Waals surface area contributed by atoms with Crippen LogP contribution in [0.2, 0.25) is 0 Å². The summed E-state index contributed by atoms with van der Waals surface area (Å²) < 4.78 is 5.35.